The lowest BCUT2D eigenvalue weighted by atomic mass is 9.89. The predicted molar refractivity (Wildman–Crippen MR) is 76.3 cm³/mol. The average Bonchev–Trinajstić information content (AvgIpc) is 2.87. The Morgan fingerprint density at radius 2 is 2.18 bits per heavy atom. The maximum Gasteiger partial charge on any atom is 0.0931 e. The van der Waals surface area contributed by atoms with Crippen LogP contribution in [0.5, 0.6) is 0 Å². The van der Waals surface area contributed by atoms with E-state index in [9.17, 15) is 0 Å². The van der Waals surface area contributed by atoms with Crippen molar-refractivity contribution in [1.82, 2.24) is 10.2 Å². The molecule has 1 aromatic heterocycles. The van der Waals surface area contributed by atoms with E-state index >= 15 is 0 Å². The normalized spacial score (nSPS) is 28.8. The summed E-state index contributed by atoms with van der Waals surface area (Å²) in [4.78, 5) is 3.98. The minimum atomic E-state index is 0. The molecule has 0 saturated carbocycles. The maximum absolute atomic E-state index is 5.96. The number of nitrogens with one attached hydrogen (secondary N) is 1. The molecule has 3 heterocycles. The molecule has 1 aromatic rings. The van der Waals surface area contributed by atoms with E-state index in [4.69, 9.17) is 11.6 Å². The molecule has 96 valence electrons. The van der Waals surface area contributed by atoms with Crippen molar-refractivity contribution < 1.29 is 0 Å². The fourth-order valence-corrected chi connectivity index (χ4v) is 4.04. The van der Waals surface area contributed by atoms with E-state index in [1.54, 1.807) is 11.3 Å². The highest BCUT2D eigenvalue weighted by molar-refractivity contribution is 7.16. The lowest BCUT2D eigenvalue weighted by Crippen LogP contribution is -2.39. The Morgan fingerprint density at radius 1 is 1.35 bits per heavy atom. The van der Waals surface area contributed by atoms with Crippen molar-refractivity contribution >= 4 is 35.3 Å². The number of hydrogen-bond donors (Lipinski definition) is 1. The van der Waals surface area contributed by atoms with Gasteiger partial charge in [-0.3, -0.25) is 4.90 Å². The van der Waals surface area contributed by atoms with Gasteiger partial charge in [0.05, 0.1) is 4.34 Å². The van der Waals surface area contributed by atoms with Gasteiger partial charge in [-0.2, -0.15) is 0 Å². The van der Waals surface area contributed by atoms with Gasteiger partial charge in [0.1, 0.15) is 0 Å². The van der Waals surface area contributed by atoms with Crippen LogP contribution in [0, 0.1) is 11.8 Å². The maximum atomic E-state index is 5.96. The molecule has 5 heteroatoms. The molecule has 2 aliphatic heterocycles. The molecular formula is C12H18Cl2N2S. The zero-order chi connectivity index (χ0) is 11.0. The Labute approximate surface area is 118 Å². The van der Waals surface area contributed by atoms with Crippen LogP contribution in [-0.4, -0.2) is 31.1 Å². The molecule has 0 radical (unpaired) electrons. The number of likely N-dealkylation sites (tertiary alicyclic amines) is 1. The summed E-state index contributed by atoms with van der Waals surface area (Å²) in [5, 5.41) is 3.51. The van der Waals surface area contributed by atoms with Crippen LogP contribution in [0.4, 0.5) is 0 Å². The van der Waals surface area contributed by atoms with Crippen molar-refractivity contribution in [1.29, 1.82) is 0 Å². The molecule has 2 atom stereocenters. The largest absolute Gasteiger partial charge is 0.316 e. The van der Waals surface area contributed by atoms with Gasteiger partial charge in [-0.15, -0.1) is 23.7 Å². The van der Waals surface area contributed by atoms with E-state index in [-0.39, 0.29) is 12.4 Å². The van der Waals surface area contributed by atoms with Gasteiger partial charge in [0, 0.05) is 18.0 Å². The molecule has 2 saturated heterocycles. The SMILES string of the molecule is Cl.Clc1ccc(CN2CCC3CNCC3C2)s1. The first-order valence-electron chi connectivity index (χ1n) is 5.98. The van der Waals surface area contributed by atoms with Crippen molar-refractivity contribution in [2.75, 3.05) is 26.2 Å². The van der Waals surface area contributed by atoms with Crippen molar-refractivity contribution in [3.8, 4) is 0 Å². The van der Waals surface area contributed by atoms with Crippen molar-refractivity contribution in [3.05, 3.63) is 21.3 Å². The number of rotatable bonds is 2. The molecule has 3 rings (SSSR count). The van der Waals surface area contributed by atoms with E-state index in [1.807, 2.05) is 6.07 Å². The summed E-state index contributed by atoms with van der Waals surface area (Å²) in [7, 11) is 0. The highest BCUT2D eigenvalue weighted by atomic mass is 35.5. The Bertz CT molecular complexity index is 369. The molecule has 2 unspecified atom stereocenters. The van der Waals surface area contributed by atoms with E-state index in [2.05, 4.69) is 16.3 Å². The summed E-state index contributed by atoms with van der Waals surface area (Å²) in [6.45, 7) is 6.04. The Morgan fingerprint density at radius 3 is 2.94 bits per heavy atom. The Hall–Kier alpha value is 0.200. The molecule has 0 aromatic carbocycles. The van der Waals surface area contributed by atoms with E-state index in [1.165, 1.54) is 37.5 Å². The molecule has 1 N–H and O–H groups in total. The van der Waals surface area contributed by atoms with Crippen LogP contribution in [0.1, 0.15) is 11.3 Å². The number of halogens is 2. The summed E-state index contributed by atoms with van der Waals surface area (Å²) in [6.07, 6.45) is 1.36. The number of nitrogens with zero attached hydrogens (tertiary/aromatic N) is 1. The predicted octanol–water partition coefficient (Wildman–Crippen LogP) is 2.86. The zero-order valence-corrected chi connectivity index (χ0v) is 12.1. The Balaban J connectivity index is 0.00000108. The highest BCUT2D eigenvalue weighted by Crippen LogP contribution is 2.29. The van der Waals surface area contributed by atoms with Crippen molar-refractivity contribution in [2.45, 2.75) is 13.0 Å². The molecule has 2 fully saturated rings. The molecule has 2 nitrogen and oxygen atoms in total. The van der Waals surface area contributed by atoms with Gasteiger partial charge in [0.25, 0.3) is 0 Å². The van der Waals surface area contributed by atoms with Gasteiger partial charge >= 0.3 is 0 Å². The topological polar surface area (TPSA) is 15.3 Å². The third-order valence-electron chi connectivity index (χ3n) is 3.80. The number of thiophene rings is 1. The molecule has 2 aliphatic rings. The fraction of sp³-hybridized carbons (Fsp3) is 0.667. The smallest absolute Gasteiger partial charge is 0.0931 e. The molecule has 0 spiro atoms. The summed E-state index contributed by atoms with van der Waals surface area (Å²) in [6, 6.07) is 4.16. The summed E-state index contributed by atoms with van der Waals surface area (Å²) >= 11 is 7.67. The summed E-state index contributed by atoms with van der Waals surface area (Å²) in [5.41, 5.74) is 0. The van der Waals surface area contributed by atoms with Crippen LogP contribution in [0.2, 0.25) is 4.34 Å². The summed E-state index contributed by atoms with van der Waals surface area (Å²) in [5.74, 6) is 1.81. The second-order valence-electron chi connectivity index (χ2n) is 4.91. The van der Waals surface area contributed by atoms with Gasteiger partial charge in [0.2, 0.25) is 0 Å². The van der Waals surface area contributed by atoms with E-state index < -0.39 is 0 Å². The van der Waals surface area contributed by atoms with E-state index in [0.717, 1.165) is 22.7 Å². The second-order valence-corrected chi connectivity index (χ2v) is 6.71. The van der Waals surface area contributed by atoms with Gasteiger partial charge in [-0.25, -0.2) is 0 Å². The van der Waals surface area contributed by atoms with Crippen LogP contribution in [0.15, 0.2) is 12.1 Å². The fourth-order valence-electron chi connectivity index (χ4n) is 2.91. The first kappa shape index (κ1) is 13.6. The second kappa shape index (κ2) is 5.89. The highest BCUT2D eigenvalue weighted by Gasteiger charge is 2.32. The van der Waals surface area contributed by atoms with Gasteiger partial charge in [-0.1, -0.05) is 11.6 Å². The lowest BCUT2D eigenvalue weighted by Gasteiger charge is -2.34. The standard InChI is InChI=1S/C12H17ClN2S.ClH/c13-12-2-1-11(16-12)8-15-4-3-9-5-14-6-10(9)7-15;/h1-2,9-10,14H,3-8H2;1H. The number of piperidine rings is 1. The third-order valence-corrected chi connectivity index (χ3v) is 5.01. The van der Waals surface area contributed by atoms with Gasteiger partial charge < -0.3 is 5.32 Å². The Kier molecular flexibility index (Phi) is 4.72. The van der Waals surface area contributed by atoms with Gasteiger partial charge in [-0.05, 0) is 50.0 Å². The monoisotopic (exact) mass is 292 g/mol. The molecule has 17 heavy (non-hydrogen) atoms. The van der Waals surface area contributed by atoms with Crippen molar-refractivity contribution in [3.63, 3.8) is 0 Å². The third kappa shape index (κ3) is 3.15. The van der Waals surface area contributed by atoms with Crippen LogP contribution < -0.4 is 5.32 Å². The van der Waals surface area contributed by atoms with Crippen LogP contribution >= 0.6 is 35.3 Å². The molecule has 0 aliphatic carbocycles. The molecular weight excluding hydrogens is 275 g/mol. The minimum Gasteiger partial charge on any atom is -0.316 e. The van der Waals surface area contributed by atoms with Crippen LogP contribution in [0.25, 0.3) is 0 Å². The quantitative estimate of drug-likeness (QED) is 0.902. The number of fused-ring (bicyclic) bond motifs is 1. The van der Waals surface area contributed by atoms with Crippen LogP contribution in [-0.2, 0) is 6.54 Å². The zero-order valence-electron chi connectivity index (χ0n) is 9.69. The first-order valence-corrected chi connectivity index (χ1v) is 7.18. The van der Waals surface area contributed by atoms with Crippen molar-refractivity contribution in [2.24, 2.45) is 11.8 Å². The summed E-state index contributed by atoms with van der Waals surface area (Å²) < 4.78 is 0.910. The van der Waals surface area contributed by atoms with Gasteiger partial charge in [0.15, 0.2) is 0 Å². The molecule has 0 bridgehead atoms. The number of hydrogen-bond acceptors (Lipinski definition) is 3. The minimum absolute atomic E-state index is 0. The lowest BCUT2D eigenvalue weighted by molar-refractivity contribution is 0.143. The molecule has 0 amide bonds. The first-order chi connectivity index (χ1) is 7.81. The van der Waals surface area contributed by atoms with Crippen LogP contribution in [0.3, 0.4) is 0 Å². The van der Waals surface area contributed by atoms with E-state index in [0.29, 0.717) is 0 Å². The average molecular weight is 293 g/mol.